The van der Waals surface area contributed by atoms with E-state index in [0.29, 0.717) is 13.2 Å². The fourth-order valence-corrected chi connectivity index (χ4v) is 2.92. The number of ether oxygens (including phenoxy) is 2. The number of methoxy groups -OCH3 is 1. The molecule has 1 amide bonds. The van der Waals surface area contributed by atoms with Crippen molar-refractivity contribution in [2.45, 2.75) is 26.9 Å². The summed E-state index contributed by atoms with van der Waals surface area (Å²) in [5.74, 6) is 1.93. The Hall–Kier alpha value is -1.55. The number of guanidine groups is 1. The Balaban J connectivity index is 0.00000392. The average molecular weight is 504 g/mol. The molecule has 0 spiro atoms. The molecule has 0 unspecified atom stereocenters. The van der Waals surface area contributed by atoms with Crippen LogP contribution in [-0.2, 0) is 16.1 Å². The number of rotatable bonds is 8. The lowest BCUT2D eigenvalue weighted by molar-refractivity contribution is -0.130. The molecule has 1 heterocycles. The maximum absolute atomic E-state index is 11.4. The van der Waals surface area contributed by atoms with Gasteiger partial charge in [-0.05, 0) is 31.0 Å². The summed E-state index contributed by atoms with van der Waals surface area (Å²) in [4.78, 5) is 20.3. The molecule has 0 radical (unpaired) electrons. The van der Waals surface area contributed by atoms with E-state index in [1.807, 2.05) is 29.2 Å². The van der Waals surface area contributed by atoms with Gasteiger partial charge in [0.25, 0.3) is 0 Å². The van der Waals surface area contributed by atoms with E-state index in [4.69, 9.17) is 14.5 Å². The van der Waals surface area contributed by atoms with Crippen molar-refractivity contribution in [3.8, 4) is 5.75 Å². The van der Waals surface area contributed by atoms with E-state index in [9.17, 15) is 4.79 Å². The van der Waals surface area contributed by atoms with E-state index in [1.54, 1.807) is 14.0 Å². The minimum absolute atomic E-state index is 0. The molecular weight excluding hydrogens is 471 g/mol. The molecule has 1 fully saturated rings. The lowest BCUT2D eigenvalue weighted by Gasteiger charge is -2.36. The second-order valence-electron chi connectivity index (χ2n) is 6.48. The number of nitrogens with one attached hydrogen (secondary N) is 1. The highest BCUT2D eigenvalue weighted by molar-refractivity contribution is 14.0. The fourth-order valence-electron chi connectivity index (χ4n) is 2.92. The van der Waals surface area contributed by atoms with Crippen LogP contribution in [0.4, 0.5) is 0 Å². The lowest BCUT2D eigenvalue weighted by Crippen LogP contribution is -2.53. The molecule has 1 aromatic rings. The number of benzene rings is 1. The standard InChI is InChI=1S/C20H32N4O3.HI/c1-4-21-20(24-13-11-23(12-14-24)17(2)25)22-10-5-15-27-16-18-6-8-19(26-3)9-7-18;/h6-9H,4-5,10-16H2,1-3H3,(H,21,22);1H. The van der Waals surface area contributed by atoms with Crippen LogP contribution in [0.5, 0.6) is 5.75 Å². The fraction of sp³-hybridized carbons (Fsp3) is 0.600. The van der Waals surface area contributed by atoms with Gasteiger partial charge in [-0.2, -0.15) is 0 Å². The van der Waals surface area contributed by atoms with Gasteiger partial charge in [-0.3, -0.25) is 9.79 Å². The molecule has 0 aromatic heterocycles. The third-order valence-electron chi connectivity index (χ3n) is 4.50. The van der Waals surface area contributed by atoms with E-state index in [0.717, 1.165) is 63.0 Å². The maximum atomic E-state index is 11.4. The largest absolute Gasteiger partial charge is 0.497 e. The Labute approximate surface area is 185 Å². The molecule has 0 saturated carbocycles. The van der Waals surface area contributed by atoms with Crippen LogP contribution in [0.15, 0.2) is 29.3 Å². The third-order valence-corrected chi connectivity index (χ3v) is 4.50. The Morgan fingerprint density at radius 3 is 2.36 bits per heavy atom. The van der Waals surface area contributed by atoms with Crippen molar-refractivity contribution in [3.63, 3.8) is 0 Å². The monoisotopic (exact) mass is 504 g/mol. The summed E-state index contributed by atoms with van der Waals surface area (Å²) in [6.07, 6.45) is 0.873. The van der Waals surface area contributed by atoms with Crippen LogP contribution in [0, 0.1) is 0 Å². The highest BCUT2D eigenvalue weighted by atomic mass is 127. The van der Waals surface area contributed by atoms with E-state index >= 15 is 0 Å². The average Bonchev–Trinajstić information content (AvgIpc) is 2.70. The maximum Gasteiger partial charge on any atom is 0.219 e. The molecule has 1 aromatic carbocycles. The van der Waals surface area contributed by atoms with Crippen LogP contribution >= 0.6 is 24.0 Å². The number of amides is 1. The first kappa shape index (κ1) is 24.5. The quantitative estimate of drug-likeness (QED) is 0.255. The van der Waals surface area contributed by atoms with E-state index in [-0.39, 0.29) is 29.9 Å². The van der Waals surface area contributed by atoms with Gasteiger partial charge in [0, 0.05) is 52.8 Å². The van der Waals surface area contributed by atoms with E-state index in [2.05, 4.69) is 17.1 Å². The van der Waals surface area contributed by atoms with Gasteiger partial charge in [-0.15, -0.1) is 24.0 Å². The molecule has 1 saturated heterocycles. The minimum Gasteiger partial charge on any atom is -0.497 e. The number of carbonyl (C=O) groups excluding carboxylic acids is 1. The van der Waals surface area contributed by atoms with Gasteiger partial charge < -0.3 is 24.6 Å². The molecule has 0 bridgehead atoms. The first-order chi connectivity index (χ1) is 13.1. The summed E-state index contributed by atoms with van der Waals surface area (Å²) in [6, 6.07) is 7.91. The Morgan fingerprint density at radius 2 is 1.79 bits per heavy atom. The van der Waals surface area contributed by atoms with Crippen molar-refractivity contribution >= 4 is 35.8 Å². The Kier molecular flexibility index (Phi) is 11.9. The number of piperazine rings is 1. The van der Waals surface area contributed by atoms with Crippen LogP contribution in [0.1, 0.15) is 25.8 Å². The second-order valence-corrected chi connectivity index (χ2v) is 6.48. The van der Waals surface area contributed by atoms with Gasteiger partial charge in [0.2, 0.25) is 5.91 Å². The smallest absolute Gasteiger partial charge is 0.219 e. The normalized spacial score (nSPS) is 14.5. The van der Waals surface area contributed by atoms with Crippen LogP contribution in [-0.4, -0.2) is 74.7 Å². The SMILES string of the molecule is CCNC(=NCCCOCc1ccc(OC)cc1)N1CCN(C(C)=O)CC1.I. The summed E-state index contributed by atoms with van der Waals surface area (Å²) >= 11 is 0. The zero-order chi connectivity index (χ0) is 19.5. The van der Waals surface area contributed by atoms with Gasteiger partial charge in [0.1, 0.15) is 5.75 Å². The van der Waals surface area contributed by atoms with Crippen molar-refractivity contribution in [1.82, 2.24) is 15.1 Å². The number of hydrogen-bond donors (Lipinski definition) is 1. The minimum atomic E-state index is 0. The summed E-state index contributed by atoms with van der Waals surface area (Å²) < 4.78 is 10.9. The molecule has 1 N–H and O–H groups in total. The van der Waals surface area contributed by atoms with Crippen LogP contribution < -0.4 is 10.1 Å². The second kappa shape index (κ2) is 13.6. The van der Waals surface area contributed by atoms with Gasteiger partial charge >= 0.3 is 0 Å². The Bertz CT molecular complexity index is 602. The molecule has 1 aliphatic rings. The summed E-state index contributed by atoms with van der Waals surface area (Å²) in [7, 11) is 1.66. The number of hydrogen-bond acceptors (Lipinski definition) is 4. The van der Waals surface area contributed by atoms with Crippen LogP contribution in [0.3, 0.4) is 0 Å². The number of carbonyl (C=O) groups is 1. The summed E-state index contributed by atoms with van der Waals surface area (Å²) in [5, 5.41) is 3.34. The molecule has 0 aliphatic carbocycles. The van der Waals surface area contributed by atoms with Gasteiger partial charge in [0.15, 0.2) is 5.96 Å². The van der Waals surface area contributed by atoms with Gasteiger partial charge in [-0.25, -0.2) is 0 Å². The van der Waals surface area contributed by atoms with Crippen molar-refractivity contribution in [2.24, 2.45) is 4.99 Å². The molecule has 0 atom stereocenters. The van der Waals surface area contributed by atoms with Crippen molar-refractivity contribution in [3.05, 3.63) is 29.8 Å². The third kappa shape index (κ3) is 8.22. The van der Waals surface area contributed by atoms with E-state index < -0.39 is 0 Å². The molecule has 2 rings (SSSR count). The highest BCUT2D eigenvalue weighted by Crippen LogP contribution is 2.12. The van der Waals surface area contributed by atoms with Gasteiger partial charge in [0.05, 0.1) is 13.7 Å². The predicted octanol–water partition coefficient (Wildman–Crippen LogP) is 2.35. The number of halogens is 1. The molecular formula is C20H33IN4O3. The zero-order valence-electron chi connectivity index (χ0n) is 17.1. The first-order valence-corrected chi connectivity index (χ1v) is 9.63. The molecule has 7 nitrogen and oxygen atoms in total. The zero-order valence-corrected chi connectivity index (χ0v) is 19.5. The molecule has 28 heavy (non-hydrogen) atoms. The summed E-state index contributed by atoms with van der Waals surface area (Å²) in [5.41, 5.74) is 1.14. The van der Waals surface area contributed by atoms with Gasteiger partial charge in [-0.1, -0.05) is 12.1 Å². The summed E-state index contributed by atoms with van der Waals surface area (Å²) in [6.45, 7) is 9.67. The van der Waals surface area contributed by atoms with E-state index in [1.165, 1.54) is 0 Å². The Morgan fingerprint density at radius 1 is 1.14 bits per heavy atom. The predicted molar refractivity (Wildman–Crippen MR) is 122 cm³/mol. The van der Waals surface area contributed by atoms with Crippen molar-refractivity contribution in [1.29, 1.82) is 0 Å². The van der Waals surface area contributed by atoms with Crippen LogP contribution in [0.25, 0.3) is 0 Å². The van der Waals surface area contributed by atoms with Crippen molar-refractivity contribution in [2.75, 3.05) is 53.0 Å². The van der Waals surface area contributed by atoms with Crippen LogP contribution in [0.2, 0.25) is 0 Å². The molecule has 158 valence electrons. The topological polar surface area (TPSA) is 66.4 Å². The highest BCUT2D eigenvalue weighted by Gasteiger charge is 2.20. The number of nitrogens with zero attached hydrogens (tertiary/aromatic N) is 3. The number of aliphatic imine (C=N–C) groups is 1. The lowest BCUT2D eigenvalue weighted by atomic mass is 10.2. The van der Waals surface area contributed by atoms with Crippen molar-refractivity contribution < 1.29 is 14.3 Å². The molecule has 8 heteroatoms. The molecule has 1 aliphatic heterocycles. The first-order valence-electron chi connectivity index (χ1n) is 9.63.